The predicted molar refractivity (Wildman–Crippen MR) is 82.3 cm³/mol. The molecule has 1 N–H and O–H groups in total. The Morgan fingerprint density at radius 2 is 2.05 bits per heavy atom. The first-order valence-corrected chi connectivity index (χ1v) is 7.26. The van der Waals surface area contributed by atoms with Gasteiger partial charge in [-0.15, -0.1) is 0 Å². The Morgan fingerprint density at radius 1 is 1.24 bits per heavy atom. The van der Waals surface area contributed by atoms with Gasteiger partial charge in [0.05, 0.1) is 12.8 Å². The van der Waals surface area contributed by atoms with Crippen molar-refractivity contribution in [3.63, 3.8) is 0 Å². The smallest absolute Gasteiger partial charge is 0.123 e. The number of nitrogens with one attached hydrogen (secondary N) is 1. The summed E-state index contributed by atoms with van der Waals surface area (Å²) in [6.07, 6.45) is 1.72. The van der Waals surface area contributed by atoms with Gasteiger partial charge in [0.15, 0.2) is 0 Å². The van der Waals surface area contributed by atoms with Gasteiger partial charge < -0.3 is 9.73 Å². The Labute approximate surface area is 125 Å². The first kappa shape index (κ1) is 15.7. The zero-order valence-corrected chi connectivity index (χ0v) is 12.9. The van der Waals surface area contributed by atoms with Crippen LogP contribution in [-0.2, 0) is 19.6 Å². The van der Waals surface area contributed by atoms with E-state index >= 15 is 0 Å². The van der Waals surface area contributed by atoms with E-state index in [4.69, 9.17) is 4.42 Å². The number of hydrogen-bond acceptors (Lipinski definition) is 3. The van der Waals surface area contributed by atoms with Gasteiger partial charge in [-0.1, -0.05) is 26.0 Å². The first-order chi connectivity index (χ1) is 10.0. The van der Waals surface area contributed by atoms with Crippen LogP contribution >= 0.6 is 0 Å². The van der Waals surface area contributed by atoms with Gasteiger partial charge in [-0.3, -0.25) is 4.90 Å². The van der Waals surface area contributed by atoms with Gasteiger partial charge in [0, 0.05) is 24.7 Å². The van der Waals surface area contributed by atoms with Crippen molar-refractivity contribution in [1.82, 2.24) is 10.2 Å². The van der Waals surface area contributed by atoms with Crippen LogP contribution in [0.4, 0.5) is 4.39 Å². The van der Waals surface area contributed by atoms with E-state index in [2.05, 4.69) is 24.1 Å². The van der Waals surface area contributed by atoms with Gasteiger partial charge in [-0.25, -0.2) is 4.39 Å². The number of rotatable bonds is 7. The second kappa shape index (κ2) is 7.38. The molecule has 1 heterocycles. The van der Waals surface area contributed by atoms with E-state index in [1.807, 2.05) is 19.2 Å². The molecule has 0 aliphatic heterocycles. The third kappa shape index (κ3) is 4.99. The molecular formula is C17H23FN2O. The molecule has 0 aliphatic carbocycles. The van der Waals surface area contributed by atoms with Crippen LogP contribution in [0.25, 0.3) is 0 Å². The lowest BCUT2D eigenvalue weighted by Crippen LogP contribution is -2.23. The number of halogens is 1. The Hall–Kier alpha value is -1.65. The summed E-state index contributed by atoms with van der Waals surface area (Å²) < 4.78 is 18.8. The zero-order valence-electron chi connectivity index (χ0n) is 12.9. The maximum atomic E-state index is 13.2. The quantitative estimate of drug-likeness (QED) is 0.845. The first-order valence-electron chi connectivity index (χ1n) is 7.26. The van der Waals surface area contributed by atoms with Gasteiger partial charge in [-0.2, -0.15) is 0 Å². The predicted octanol–water partition coefficient (Wildman–Crippen LogP) is 3.55. The lowest BCUT2D eigenvalue weighted by Gasteiger charge is -2.16. The van der Waals surface area contributed by atoms with Crippen LogP contribution in [0.1, 0.15) is 30.7 Å². The highest BCUT2D eigenvalue weighted by Crippen LogP contribution is 2.15. The molecule has 114 valence electrons. The van der Waals surface area contributed by atoms with E-state index in [9.17, 15) is 4.39 Å². The highest BCUT2D eigenvalue weighted by Gasteiger charge is 2.10. The highest BCUT2D eigenvalue weighted by atomic mass is 19.1. The number of hydrogen-bond donors (Lipinski definition) is 1. The van der Waals surface area contributed by atoms with Gasteiger partial charge in [0.2, 0.25) is 0 Å². The molecule has 0 spiro atoms. The molecular weight excluding hydrogens is 267 g/mol. The van der Waals surface area contributed by atoms with Crippen molar-refractivity contribution in [2.24, 2.45) is 0 Å². The maximum absolute atomic E-state index is 13.2. The molecule has 0 saturated carbocycles. The SMILES string of the molecule is CC(C)NCc1ccoc1CN(C)Cc1cccc(F)c1. The van der Waals surface area contributed by atoms with E-state index in [0.29, 0.717) is 19.1 Å². The monoisotopic (exact) mass is 290 g/mol. The van der Waals surface area contributed by atoms with Crippen LogP contribution in [0.3, 0.4) is 0 Å². The second-order valence-electron chi connectivity index (χ2n) is 5.71. The average Bonchev–Trinajstić information content (AvgIpc) is 2.83. The van der Waals surface area contributed by atoms with Crippen molar-refractivity contribution in [2.75, 3.05) is 7.05 Å². The second-order valence-corrected chi connectivity index (χ2v) is 5.71. The summed E-state index contributed by atoms with van der Waals surface area (Å²) in [6.45, 7) is 6.44. The third-order valence-corrected chi connectivity index (χ3v) is 3.29. The van der Waals surface area contributed by atoms with E-state index in [-0.39, 0.29) is 5.82 Å². The summed E-state index contributed by atoms with van der Waals surface area (Å²) in [4.78, 5) is 2.12. The molecule has 0 unspecified atom stereocenters. The van der Waals surface area contributed by atoms with Crippen molar-refractivity contribution in [2.45, 2.75) is 39.5 Å². The third-order valence-electron chi connectivity index (χ3n) is 3.29. The van der Waals surface area contributed by atoms with Crippen molar-refractivity contribution in [1.29, 1.82) is 0 Å². The highest BCUT2D eigenvalue weighted by molar-refractivity contribution is 5.18. The molecule has 1 aromatic heterocycles. The molecule has 21 heavy (non-hydrogen) atoms. The van der Waals surface area contributed by atoms with Crippen LogP contribution in [-0.4, -0.2) is 18.0 Å². The number of benzene rings is 1. The molecule has 0 bridgehead atoms. The lowest BCUT2D eigenvalue weighted by molar-refractivity contribution is 0.285. The minimum Gasteiger partial charge on any atom is -0.468 e. The fourth-order valence-electron chi connectivity index (χ4n) is 2.23. The molecule has 0 fully saturated rings. The summed E-state index contributed by atoms with van der Waals surface area (Å²) >= 11 is 0. The van der Waals surface area contributed by atoms with Gasteiger partial charge in [0.1, 0.15) is 11.6 Å². The fraction of sp³-hybridized carbons (Fsp3) is 0.412. The van der Waals surface area contributed by atoms with Crippen molar-refractivity contribution in [3.8, 4) is 0 Å². The Bertz CT molecular complexity index is 565. The molecule has 0 radical (unpaired) electrons. The molecule has 2 rings (SSSR count). The number of furan rings is 1. The topological polar surface area (TPSA) is 28.4 Å². The maximum Gasteiger partial charge on any atom is 0.123 e. The molecule has 0 saturated heterocycles. The van der Waals surface area contributed by atoms with Crippen molar-refractivity contribution >= 4 is 0 Å². The van der Waals surface area contributed by atoms with E-state index in [1.54, 1.807) is 18.4 Å². The summed E-state index contributed by atoms with van der Waals surface area (Å²) in [5, 5.41) is 3.39. The summed E-state index contributed by atoms with van der Waals surface area (Å²) in [5.41, 5.74) is 2.14. The normalized spacial score (nSPS) is 11.5. The molecule has 0 amide bonds. The standard InChI is InChI=1S/C17H23FN2O/c1-13(2)19-10-15-7-8-21-17(15)12-20(3)11-14-5-4-6-16(18)9-14/h4-9,13,19H,10-12H2,1-3H3. The zero-order chi connectivity index (χ0) is 15.2. The Kier molecular flexibility index (Phi) is 5.53. The molecule has 0 atom stereocenters. The Morgan fingerprint density at radius 3 is 2.76 bits per heavy atom. The summed E-state index contributed by atoms with van der Waals surface area (Å²) in [5.74, 6) is 0.766. The molecule has 3 nitrogen and oxygen atoms in total. The van der Waals surface area contributed by atoms with E-state index < -0.39 is 0 Å². The molecule has 0 aliphatic rings. The van der Waals surface area contributed by atoms with E-state index in [0.717, 1.165) is 17.9 Å². The summed E-state index contributed by atoms with van der Waals surface area (Å²) in [7, 11) is 2.01. The molecule has 2 aromatic rings. The van der Waals surface area contributed by atoms with E-state index in [1.165, 1.54) is 11.6 Å². The molecule has 4 heteroatoms. The summed E-state index contributed by atoms with van der Waals surface area (Å²) in [6, 6.07) is 9.15. The largest absolute Gasteiger partial charge is 0.468 e. The minimum absolute atomic E-state index is 0.194. The lowest BCUT2D eigenvalue weighted by atomic mass is 10.2. The van der Waals surface area contributed by atoms with Gasteiger partial charge >= 0.3 is 0 Å². The van der Waals surface area contributed by atoms with Crippen molar-refractivity contribution in [3.05, 3.63) is 59.3 Å². The average molecular weight is 290 g/mol. The fourth-order valence-corrected chi connectivity index (χ4v) is 2.23. The van der Waals surface area contributed by atoms with Gasteiger partial charge in [-0.05, 0) is 30.8 Å². The van der Waals surface area contributed by atoms with Crippen LogP contribution in [0.5, 0.6) is 0 Å². The minimum atomic E-state index is -0.194. The van der Waals surface area contributed by atoms with Crippen molar-refractivity contribution < 1.29 is 8.81 Å². The van der Waals surface area contributed by atoms with Crippen LogP contribution in [0, 0.1) is 5.82 Å². The van der Waals surface area contributed by atoms with Gasteiger partial charge in [0.25, 0.3) is 0 Å². The number of nitrogens with zero attached hydrogens (tertiary/aromatic N) is 1. The molecule has 1 aromatic carbocycles. The van der Waals surface area contributed by atoms with Crippen LogP contribution in [0.2, 0.25) is 0 Å². The Balaban J connectivity index is 1.93. The van der Waals surface area contributed by atoms with Crippen LogP contribution < -0.4 is 5.32 Å². The van der Waals surface area contributed by atoms with Crippen LogP contribution in [0.15, 0.2) is 41.0 Å².